The fourth-order valence-corrected chi connectivity index (χ4v) is 4.78. The lowest BCUT2D eigenvalue weighted by atomic mass is 9.97. The number of sulfone groups is 1. The van der Waals surface area contributed by atoms with Gasteiger partial charge in [-0.1, -0.05) is 24.0 Å². The summed E-state index contributed by atoms with van der Waals surface area (Å²) in [6, 6.07) is 7.72. The summed E-state index contributed by atoms with van der Waals surface area (Å²) in [4.78, 5) is 15.4. The van der Waals surface area contributed by atoms with Gasteiger partial charge in [-0.15, -0.1) is 0 Å². The van der Waals surface area contributed by atoms with Crippen molar-refractivity contribution in [2.45, 2.75) is 30.6 Å². The molecule has 1 aromatic heterocycles. The maximum atomic E-state index is 12.8. The summed E-state index contributed by atoms with van der Waals surface area (Å²) in [5.41, 5.74) is 0.100. The van der Waals surface area contributed by atoms with Crippen LogP contribution in [-0.2, 0) is 19.9 Å². The molecule has 0 aliphatic rings. The van der Waals surface area contributed by atoms with E-state index in [1.807, 2.05) is 20.8 Å². The molecule has 0 aliphatic carbocycles. The largest absolute Gasteiger partial charge is 0.300 e. The molecular formula is C19H21N3O5S2. The third-order valence-electron chi connectivity index (χ3n) is 3.55. The number of nitrogens with two attached hydrogens (primary N) is 1. The van der Waals surface area contributed by atoms with Crippen LogP contribution in [0.2, 0.25) is 0 Å². The Bertz CT molecular complexity index is 1200. The Morgan fingerprint density at radius 3 is 2.10 bits per heavy atom. The van der Waals surface area contributed by atoms with Gasteiger partial charge in [0.1, 0.15) is 10.6 Å². The molecule has 0 radical (unpaired) electrons. The quantitative estimate of drug-likeness (QED) is 0.334. The van der Waals surface area contributed by atoms with Crippen molar-refractivity contribution in [1.82, 2.24) is 9.40 Å². The standard InChI is InChI=1S/C19H21N3O5S2/c1-19(2,3)12-11-14-9-10-15(21-13-14)18(23)22(20)29(26,27)17-8-6-5-7-16(17)28(4,24)25/h5-10,13H,20H2,1-4H3. The Kier molecular flexibility index (Phi) is 6.18. The van der Waals surface area contributed by atoms with E-state index in [0.29, 0.717) is 5.56 Å². The van der Waals surface area contributed by atoms with Crippen molar-refractivity contribution < 1.29 is 21.6 Å². The lowest BCUT2D eigenvalue weighted by Crippen LogP contribution is -2.43. The molecule has 2 N–H and O–H groups in total. The number of benzene rings is 1. The molecule has 2 rings (SSSR count). The fraction of sp³-hybridized carbons (Fsp3) is 0.263. The third-order valence-corrected chi connectivity index (χ3v) is 6.43. The molecule has 1 heterocycles. The molecule has 1 amide bonds. The lowest BCUT2D eigenvalue weighted by molar-refractivity contribution is 0.0855. The van der Waals surface area contributed by atoms with Crippen LogP contribution in [0.4, 0.5) is 0 Å². The minimum absolute atomic E-state index is 0.0140. The zero-order valence-corrected chi connectivity index (χ0v) is 18.0. The molecule has 0 fully saturated rings. The molecule has 154 valence electrons. The van der Waals surface area contributed by atoms with Crippen molar-refractivity contribution in [3.05, 3.63) is 53.9 Å². The molecule has 8 nitrogen and oxygen atoms in total. The number of hydrazine groups is 1. The van der Waals surface area contributed by atoms with Crippen LogP contribution in [-0.4, -0.2) is 38.4 Å². The molecule has 0 unspecified atom stereocenters. The molecular weight excluding hydrogens is 414 g/mol. The predicted octanol–water partition coefficient (Wildman–Crippen LogP) is 1.59. The number of nitrogens with zero attached hydrogens (tertiary/aromatic N) is 2. The summed E-state index contributed by atoms with van der Waals surface area (Å²) >= 11 is 0. The van der Waals surface area contributed by atoms with Crippen molar-refractivity contribution >= 4 is 25.8 Å². The lowest BCUT2D eigenvalue weighted by Gasteiger charge is -2.18. The van der Waals surface area contributed by atoms with E-state index in [4.69, 9.17) is 5.84 Å². The first-order valence-corrected chi connectivity index (χ1v) is 11.7. The van der Waals surface area contributed by atoms with Crippen molar-refractivity contribution in [3.63, 3.8) is 0 Å². The molecule has 2 aromatic rings. The summed E-state index contributed by atoms with van der Waals surface area (Å²) < 4.78 is 49.3. The molecule has 1 aromatic carbocycles. The molecule has 10 heteroatoms. The Balaban J connectivity index is 2.38. The second-order valence-corrected chi connectivity index (χ2v) is 11.0. The van der Waals surface area contributed by atoms with E-state index < -0.39 is 35.6 Å². The highest BCUT2D eigenvalue weighted by Crippen LogP contribution is 2.23. The highest BCUT2D eigenvalue weighted by atomic mass is 32.2. The Hall–Kier alpha value is -2.74. The van der Waals surface area contributed by atoms with E-state index in [0.717, 1.165) is 18.4 Å². The van der Waals surface area contributed by atoms with Crippen molar-refractivity contribution in [1.29, 1.82) is 0 Å². The summed E-state index contributed by atoms with van der Waals surface area (Å²) in [5, 5.41) is 0. The van der Waals surface area contributed by atoms with Crippen LogP contribution in [0.25, 0.3) is 0 Å². The minimum Gasteiger partial charge on any atom is -0.265 e. The highest BCUT2D eigenvalue weighted by Gasteiger charge is 2.32. The van der Waals surface area contributed by atoms with E-state index in [1.54, 1.807) is 0 Å². The Morgan fingerprint density at radius 1 is 1.03 bits per heavy atom. The number of carbonyl (C=O) groups excluding carboxylic acids is 1. The number of pyridine rings is 1. The number of sulfonamides is 1. The number of hydrogen-bond donors (Lipinski definition) is 1. The first-order valence-electron chi connectivity index (χ1n) is 8.36. The van der Waals surface area contributed by atoms with Gasteiger partial charge in [0.25, 0.3) is 10.0 Å². The number of amides is 1. The molecule has 29 heavy (non-hydrogen) atoms. The zero-order chi connectivity index (χ0) is 22.0. The minimum atomic E-state index is -4.63. The van der Waals surface area contributed by atoms with Crippen LogP contribution in [0.5, 0.6) is 0 Å². The van der Waals surface area contributed by atoms with Gasteiger partial charge in [0, 0.05) is 23.4 Å². The number of aromatic nitrogens is 1. The zero-order valence-electron chi connectivity index (χ0n) is 16.4. The summed E-state index contributed by atoms with van der Waals surface area (Å²) in [5.74, 6) is 10.4. The van der Waals surface area contributed by atoms with Gasteiger partial charge < -0.3 is 0 Å². The van der Waals surface area contributed by atoms with Gasteiger partial charge in [0.15, 0.2) is 9.84 Å². The van der Waals surface area contributed by atoms with Crippen molar-refractivity contribution in [2.75, 3.05) is 6.26 Å². The normalized spacial score (nSPS) is 12.0. The molecule has 0 bridgehead atoms. The number of hydrogen-bond acceptors (Lipinski definition) is 7. The summed E-state index contributed by atoms with van der Waals surface area (Å²) in [6.45, 7) is 5.82. The number of rotatable bonds is 4. The van der Waals surface area contributed by atoms with Crippen molar-refractivity contribution in [2.24, 2.45) is 11.3 Å². The monoisotopic (exact) mass is 435 g/mol. The molecule has 0 atom stereocenters. The summed E-state index contributed by atoms with van der Waals surface area (Å²) in [6.07, 6.45) is 2.19. The van der Waals surface area contributed by atoms with E-state index >= 15 is 0 Å². The van der Waals surface area contributed by atoms with Crippen LogP contribution in [0.15, 0.2) is 52.4 Å². The van der Waals surface area contributed by atoms with E-state index in [2.05, 4.69) is 16.8 Å². The van der Waals surface area contributed by atoms with Gasteiger partial charge in [0.05, 0.1) is 4.90 Å². The number of carbonyl (C=O) groups is 1. The van der Waals surface area contributed by atoms with Crippen LogP contribution < -0.4 is 5.84 Å². The van der Waals surface area contributed by atoms with Gasteiger partial charge in [-0.2, -0.15) is 12.8 Å². The highest BCUT2D eigenvalue weighted by molar-refractivity contribution is 7.93. The van der Waals surface area contributed by atoms with Gasteiger partial charge in [-0.3, -0.25) is 4.79 Å². The van der Waals surface area contributed by atoms with Crippen molar-refractivity contribution in [3.8, 4) is 11.8 Å². The first-order chi connectivity index (χ1) is 13.2. The van der Waals surface area contributed by atoms with E-state index in [1.165, 1.54) is 30.5 Å². The summed E-state index contributed by atoms with van der Waals surface area (Å²) in [7, 11) is -8.49. The maximum Gasteiger partial charge on any atom is 0.300 e. The first kappa shape index (κ1) is 22.5. The van der Waals surface area contributed by atoms with Crippen LogP contribution in [0.1, 0.15) is 36.8 Å². The average Bonchev–Trinajstić information content (AvgIpc) is 2.64. The predicted molar refractivity (Wildman–Crippen MR) is 108 cm³/mol. The second kappa shape index (κ2) is 7.94. The third kappa shape index (κ3) is 5.41. The van der Waals surface area contributed by atoms with Gasteiger partial charge >= 0.3 is 5.91 Å². The SMILES string of the molecule is CC(C)(C)C#Cc1ccc(C(=O)N(N)S(=O)(=O)c2ccccc2S(C)(=O)=O)nc1. The second-order valence-electron chi connectivity index (χ2n) is 7.26. The van der Waals surface area contributed by atoms with Crippen LogP contribution >= 0.6 is 0 Å². The Labute approximate surface area is 170 Å². The molecule has 0 spiro atoms. The molecule has 0 aliphatic heterocycles. The van der Waals surface area contributed by atoms with E-state index in [9.17, 15) is 21.6 Å². The smallest absolute Gasteiger partial charge is 0.265 e. The molecule has 0 saturated carbocycles. The van der Waals surface area contributed by atoms with Crippen LogP contribution in [0.3, 0.4) is 0 Å². The molecule has 0 saturated heterocycles. The van der Waals surface area contributed by atoms with Gasteiger partial charge in [-0.25, -0.2) is 19.2 Å². The Morgan fingerprint density at radius 2 is 1.62 bits per heavy atom. The van der Waals surface area contributed by atoms with Gasteiger partial charge in [-0.05, 0) is 45.0 Å². The fourth-order valence-electron chi connectivity index (χ4n) is 2.15. The topological polar surface area (TPSA) is 127 Å². The van der Waals surface area contributed by atoms with Gasteiger partial charge in [0.2, 0.25) is 0 Å². The average molecular weight is 436 g/mol. The van der Waals surface area contributed by atoms with Crippen LogP contribution in [0, 0.1) is 17.3 Å². The maximum absolute atomic E-state index is 12.8. The van der Waals surface area contributed by atoms with E-state index in [-0.39, 0.29) is 15.5 Å².